The van der Waals surface area contributed by atoms with E-state index in [1.54, 1.807) is 22.8 Å². The van der Waals surface area contributed by atoms with Crippen LogP contribution in [0.3, 0.4) is 0 Å². The molecule has 0 spiro atoms. The number of thiophene rings is 1. The first-order chi connectivity index (χ1) is 21.6. The van der Waals surface area contributed by atoms with Crippen molar-refractivity contribution in [2.45, 2.75) is 47.6 Å². The number of thiazole rings is 1. The third-order valence-corrected chi connectivity index (χ3v) is 10.4. The van der Waals surface area contributed by atoms with E-state index in [2.05, 4.69) is 10.6 Å². The Kier molecular flexibility index (Phi) is 8.04. The van der Waals surface area contributed by atoms with Crippen LogP contribution in [0, 0.1) is 45.9 Å². The fourth-order valence-electron chi connectivity index (χ4n) is 5.79. The number of hydrogen-bond acceptors (Lipinski definition) is 7. The van der Waals surface area contributed by atoms with Crippen LogP contribution in [0.25, 0.3) is 16.8 Å². The predicted molar refractivity (Wildman–Crippen MR) is 180 cm³/mol. The molecule has 5 aromatic rings. The molecule has 0 bridgehead atoms. The van der Waals surface area contributed by atoms with Crippen LogP contribution >= 0.6 is 22.7 Å². The number of carbonyl (C=O) groups is 1. The zero-order valence-corrected chi connectivity index (χ0v) is 27.6. The summed E-state index contributed by atoms with van der Waals surface area (Å²) in [5, 5.41) is 10.8. The Balaban J connectivity index is 1.60. The Bertz CT molecular complexity index is 2220. The Morgan fingerprint density at radius 2 is 1.76 bits per heavy atom. The smallest absolute Gasteiger partial charge is 0.338 e. The lowest BCUT2D eigenvalue weighted by Crippen LogP contribution is -2.40. The third-order valence-electron chi connectivity index (χ3n) is 8.21. The zero-order valence-electron chi connectivity index (χ0n) is 26.0. The van der Waals surface area contributed by atoms with Gasteiger partial charge in [0.15, 0.2) is 4.80 Å². The lowest BCUT2D eigenvalue weighted by molar-refractivity contribution is -0.138. The zero-order chi connectivity index (χ0) is 32.0. The Labute approximate surface area is 269 Å². The van der Waals surface area contributed by atoms with Crippen molar-refractivity contribution in [3.8, 4) is 11.1 Å². The normalized spacial score (nSPS) is 14.7. The van der Waals surface area contributed by atoms with E-state index in [1.165, 1.54) is 11.3 Å². The molecule has 9 heteroatoms. The first-order valence-corrected chi connectivity index (χ1v) is 16.3. The minimum absolute atomic E-state index is 0.196. The summed E-state index contributed by atoms with van der Waals surface area (Å²) in [7, 11) is 0. The first kappa shape index (κ1) is 30.3. The minimum Gasteiger partial charge on any atom is -0.463 e. The third kappa shape index (κ3) is 5.20. The highest BCUT2D eigenvalue weighted by Crippen LogP contribution is 2.36. The summed E-state index contributed by atoms with van der Waals surface area (Å²) < 4.78 is 9.78. The molecule has 45 heavy (non-hydrogen) atoms. The summed E-state index contributed by atoms with van der Waals surface area (Å²) in [6, 6.07) is 21.1. The van der Waals surface area contributed by atoms with Crippen LogP contribution in [-0.4, -0.2) is 21.7 Å². The standard InChI is InChI=1S/C36H32N4O3S2/c1-7-43-35(42)30-31(25-11-9-8-10-12-25)38-36-40(32(30)26-15-13-20(2)14-16-26)33(41)29(45-36)18-27-17-21(3)39(23(27)5)34-28(19-37)22(4)24(6)44-34/h8-18,32H,7H2,1-6H3/b29-18-. The largest absolute Gasteiger partial charge is 0.463 e. The lowest BCUT2D eigenvalue weighted by atomic mass is 9.92. The van der Waals surface area contributed by atoms with Gasteiger partial charge >= 0.3 is 5.97 Å². The average molecular weight is 633 g/mol. The van der Waals surface area contributed by atoms with Crippen molar-refractivity contribution in [1.29, 1.82) is 5.26 Å². The number of esters is 1. The van der Waals surface area contributed by atoms with Crippen LogP contribution in [0.1, 0.15) is 62.6 Å². The van der Waals surface area contributed by atoms with E-state index in [0.29, 0.717) is 26.2 Å². The number of benzene rings is 2. The number of carbonyl (C=O) groups excluding carboxylic acids is 1. The summed E-state index contributed by atoms with van der Waals surface area (Å²) in [6.45, 7) is 12.0. The van der Waals surface area contributed by atoms with E-state index in [1.807, 2.05) is 101 Å². The van der Waals surface area contributed by atoms with E-state index in [0.717, 1.165) is 49.1 Å². The van der Waals surface area contributed by atoms with Gasteiger partial charge in [-0.15, -0.1) is 11.3 Å². The van der Waals surface area contributed by atoms with Gasteiger partial charge in [-0.1, -0.05) is 71.5 Å². The molecule has 0 radical (unpaired) electrons. The summed E-state index contributed by atoms with van der Waals surface area (Å²) in [5.74, 6) is -0.502. The molecule has 0 saturated heterocycles. The molecular weight excluding hydrogens is 601 g/mol. The highest BCUT2D eigenvalue weighted by molar-refractivity contribution is 7.15. The van der Waals surface area contributed by atoms with Crippen molar-refractivity contribution in [1.82, 2.24) is 9.13 Å². The lowest BCUT2D eigenvalue weighted by Gasteiger charge is -2.26. The molecule has 1 unspecified atom stereocenters. The quantitative estimate of drug-likeness (QED) is 0.209. The fraction of sp³-hybridized carbons (Fsp3) is 0.222. The molecule has 0 amide bonds. The van der Waals surface area contributed by atoms with Crippen molar-refractivity contribution in [3.05, 3.63) is 136 Å². The molecule has 0 fully saturated rings. The molecule has 0 saturated carbocycles. The van der Waals surface area contributed by atoms with Crippen LogP contribution in [0.5, 0.6) is 0 Å². The molecule has 226 valence electrons. The highest BCUT2D eigenvalue weighted by Gasteiger charge is 2.35. The maximum absolute atomic E-state index is 14.3. The maximum atomic E-state index is 14.3. The Morgan fingerprint density at radius 3 is 2.42 bits per heavy atom. The molecule has 4 heterocycles. The van der Waals surface area contributed by atoms with E-state index in [9.17, 15) is 14.9 Å². The number of aryl methyl sites for hydroxylation is 3. The second-order valence-electron chi connectivity index (χ2n) is 11.1. The van der Waals surface area contributed by atoms with Crippen LogP contribution < -0.4 is 14.9 Å². The second kappa shape index (κ2) is 12.0. The predicted octanol–water partition coefficient (Wildman–Crippen LogP) is 6.20. The second-order valence-corrected chi connectivity index (χ2v) is 13.3. The minimum atomic E-state index is -0.721. The molecular formula is C36H32N4O3S2. The molecule has 1 aliphatic heterocycles. The fourth-order valence-corrected chi connectivity index (χ4v) is 8.00. The molecule has 3 aromatic heterocycles. The van der Waals surface area contributed by atoms with E-state index in [4.69, 9.17) is 9.73 Å². The molecule has 0 aliphatic carbocycles. The van der Waals surface area contributed by atoms with Gasteiger partial charge < -0.3 is 9.30 Å². The van der Waals surface area contributed by atoms with Crippen molar-refractivity contribution < 1.29 is 9.53 Å². The van der Waals surface area contributed by atoms with E-state index in [-0.39, 0.29) is 12.2 Å². The van der Waals surface area contributed by atoms with Crippen LogP contribution in [-0.2, 0) is 9.53 Å². The van der Waals surface area contributed by atoms with Crippen molar-refractivity contribution in [2.24, 2.45) is 4.99 Å². The molecule has 0 N–H and O–H groups in total. The number of rotatable bonds is 6. The van der Waals surface area contributed by atoms with Gasteiger partial charge in [-0.25, -0.2) is 9.79 Å². The van der Waals surface area contributed by atoms with Gasteiger partial charge in [-0.05, 0) is 70.4 Å². The molecule has 1 atom stereocenters. The molecule has 1 aliphatic rings. The van der Waals surface area contributed by atoms with Crippen LogP contribution in [0.15, 0.2) is 76.0 Å². The first-order valence-electron chi connectivity index (χ1n) is 14.7. The topological polar surface area (TPSA) is 89.4 Å². The van der Waals surface area contributed by atoms with Gasteiger partial charge in [0.2, 0.25) is 0 Å². The van der Waals surface area contributed by atoms with Gasteiger partial charge in [-0.3, -0.25) is 9.36 Å². The summed E-state index contributed by atoms with van der Waals surface area (Å²) >= 11 is 2.90. The number of hydrogen-bond donors (Lipinski definition) is 0. The average Bonchev–Trinajstić information content (AvgIpc) is 3.61. The van der Waals surface area contributed by atoms with Crippen molar-refractivity contribution in [2.75, 3.05) is 6.61 Å². The summed E-state index contributed by atoms with van der Waals surface area (Å²) in [5.41, 5.74) is 7.68. The van der Waals surface area contributed by atoms with Gasteiger partial charge in [0.25, 0.3) is 5.56 Å². The van der Waals surface area contributed by atoms with Crippen molar-refractivity contribution in [3.63, 3.8) is 0 Å². The van der Waals surface area contributed by atoms with Crippen LogP contribution in [0.4, 0.5) is 0 Å². The van der Waals surface area contributed by atoms with Gasteiger partial charge in [-0.2, -0.15) is 5.26 Å². The van der Waals surface area contributed by atoms with Gasteiger partial charge in [0.1, 0.15) is 11.1 Å². The van der Waals surface area contributed by atoms with Crippen molar-refractivity contribution >= 4 is 40.4 Å². The summed E-state index contributed by atoms with van der Waals surface area (Å²) in [6.07, 6.45) is 1.89. The maximum Gasteiger partial charge on any atom is 0.338 e. The number of aromatic nitrogens is 2. The van der Waals surface area contributed by atoms with Gasteiger partial charge in [0.05, 0.1) is 34.0 Å². The van der Waals surface area contributed by atoms with E-state index >= 15 is 0 Å². The number of nitriles is 1. The monoisotopic (exact) mass is 632 g/mol. The number of nitrogens with zero attached hydrogens (tertiary/aromatic N) is 4. The number of fused-ring (bicyclic) bond motifs is 1. The Morgan fingerprint density at radius 1 is 1.04 bits per heavy atom. The van der Waals surface area contributed by atoms with Crippen LogP contribution in [0.2, 0.25) is 0 Å². The molecule has 6 rings (SSSR count). The van der Waals surface area contributed by atoms with Gasteiger partial charge in [0, 0.05) is 21.8 Å². The van der Waals surface area contributed by atoms with E-state index < -0.39 is 12.0 Å². The molecule has 2 aromatic carbocycles. The summed E-state index contributed by atoms with van der Waals surface area (Å²) in [4.78, 5) is 34.5. The highest BCUT2D eigenvalue weighted by atomic mass is 32.1. The SMILES string of the molecule is CCOC(=O)C1=C(c2ccccc2)N=c2s/c(=C\c3cc(C)n(-c4sc(C)c(C)c4C#N)c3C)c(=O)n2C1c1ccc(C)cc1. The Hall–Kier alpha value is -4.78. The molecule has 7 nitrogen and oxygen atoms in total. The number of ether oxygens (including phenoxy) is 1.